The van der Waals surface area contributed by atoms with Gasteiger partial charge in [-0.15, -0.1) is 10.2 Å². The molecule has 0 unspecified atom stereocenters. The number of aryl methyl sites for hydroxylation is 1. The van der Waals surface area contributed by atoms with Gasteiger partial charge in [0.15, 0.2) is 0 Å². The zero-order chi connectivity index (χ0) is 22.8. The van der Waals surface area contributed by atoms with Gasteiger partial charge in [-0.2, -0.15) is 0 Å². The molecule has 5 rings (SSSR count). The molecule has 0 saturated carbocycles. The van der Waals surface area contributed by atoms with Crippen LogP contribution in [-0.4, -0.2) is 44.6 Å². The van der Waals surface area contributed by atoms with Crippen molar-refractivity contribution in [1.82, 2.24) is 25.0 Å². The van der Waals surface area contributed by atoms with Crippen LogP contribution in [0.15, 0.2) is 54.6 Å². The highest BCUT2D eigenvalue weighted by Crippen LogP contribution is 2.30. The number of fused-ring (bicyclic) bond motifs is 1. The summed E-state index contributed by atoms with van der Waals surface area (Å²) in [7, 11) is 0. The van der Waals surface area contributed by atoms with Crippen molar-refractivity contribution in [2.24, 2.45) is 5.92 Å². The Morgan fingerprint density at radius 2 is 1.88 bits per heavy atom. The Balaban J connectivity index is 1.23. The number of carbonyl (C=O) groups excluding carboxylic acids is 2. The summed E-state index contributed by atoms with van der Waals surface area (Å²) in [5.74, 6) is 1.35. The number of benzene rings is 2. The maximum atomic E-state index is 13.4. The van der Waals surface area contributed by atoms with Crippen LogP contribution in [0.25, 0.3) is 0 Å². The van der Waals surface area contributed by atoms with E-state index in [9.17, 15) is 14.0 Å². The minimum absolute atomic E-state index is 0.0334. The summed E-state index contributed by atoms with van der Waals surface area (Å²) in [4.78, 5) is 27.5. The first-order valence-corrected chi connectivity index (χ1v) is 11.4. The third-order valence-corrected chi connectivity index (χ3v) is 6.56. The number of hydrogen-bond donors (Lipinski definition) is 1. The molecule has 7 nitrogen and oxygen atoms in total. The summed E-state index contributed by atoms with van der Waals surface area (Å²) in [5.41, 5.74) is 1.43. The third-order valence-electron chi connectivity index (χ3n) is 6.56. The van der Waals surface area contributed by atoms with Crippen LogP contribution >= 0.6 is 0 Å². The Morgan fingerprint density at radius 1 is 1.03 bits per heavy atom. The molecule has 1 fully saturated rings. The van der Waals surface area contributed by atoms with Crippen molar-refractivity contribution in [2.75, 3.05) is 13.1 Å². The van der Waals surface area contributed by atoms with Gasteiger partial charge in [0.05, 0.1) is 5.92 Å². The van der Waals surface area contributed by atoms with E-state index in [0.29, 0.717) is 44.6 Å². The molecule has 3 heterocycles. The van der Waals surface area contributed by atoms with Crippen LogP contribution in [0.3, 0.4) is 0 Å². The topological polar surface area (TPSA) is 80.1 Å². The molecule has 8 heteroatoms. The van der Waals surface area contributed by atoms with Crippen LogP contribution < -0.4 is 5.32 Å². The summed E-state index contributed by atoms with van der Waals surface area (Å²) >= 11 is 0. The molecule has 2 atom stereocenters. The minimum Gasteiger partial charge on any atom is -0.352 e. The first-order chi connectivity index (χ1) is 16.1. The average molecular weight is 448 g/mol. The lowest BCUT2D eigenvalue weighted by Crippen LogP contribution is -2.36. The summed E-state index contributed by atoms with van der Waals surface area (Å²) in [5, 5.41) is 11.7. The number of nitrogens with one attached hydrogen (secondary N) is 1. The highest BCUT2D eigenvalue weighted by Gasteiger charge is 2.34. The van der Waals surface area contributed by atoms with Crippen LogP contribution in [0, 0.1) is 11.7 Å². The second kappa shape index (κ2) is 9.13. The molecule has 0 bridgehead atoms. The van der Waals surface area contributed by atoms with Crippen molar-refractivity contribution in [2.45, 2.75) is 38.3 Å². The molecule has 170 valence electrons. The van der Waals surface area contributed by atoms with Gasteiger partial charge < -0.3 is 14.8 Å². The lowest BCUT2D eigenvalue weighted by Gasteiger charge is -2.25. The van der Waals surface area contributed by atoms with E-state index in [1.807, 2.05) is 35.2 Å². The van der Waals surface area contributed by atoms with E-state index in [-0.39, 0.29) is 29.5 Å². The number of nitrogens with zero attached hydrogens (tertiary/aromatic N) is 4. The number of halogens is 1. The van der Waals surface area contributed by atoms with Crippen molar-refractivity contribution >= 4 is 11.8 Å². The van der Waals surface area contributed by atoms with E-state index in [0.717, 1.165) is 23.6 Å². The average Bonchev–Trinajstić information content (AvgIpc) is 3.49. The fraction of sp³-hybridized carbons (Fsp3) is 0.360. The number of hydrogen-bond acceptors (Lipinski definition) is 4. The van der Waals surface area contributed by atoms with E-state index in [4.69, 9.17) is 0 Å². The van der Waals surface area contributed by atoms with Crippen LogP contribution in [0.5, 0.6) is 0 Å². The number of amides is 2. The molecule has 1 N–H and O–H groups in total. The number of aromatic nitrogens is 3. The molecular formula is C25H26FN5O2. The number of likely N-dealkylation sites (tertiary alicyclic amines) is 1. The zero-order valence-electron chi connectivity index (χ0n) is 18.3. The maximum Gasteiger partial charge on any atom is 0.253 e. The smallest absolute Gasteiger partial charge is 0.253 e. The molecule has 0 spiro atoms. The van der Waals surface area contributed by atoms with E-state index in [1.165, 1.54) is 12.1 Å². The van der Waals surface area contributed by atoms with Gasteiger partial charge in [0.1, 0.15) is 17.5 Å². The van der Waals surface area contributed by atoms with E-state index >= 15 is 0 Å². The first kappa shape index (κ1) is 21.3. The lowest BCUT2D eigenvalue weighted by atomic mass is 9.97. The summed E-state index contributed by atoms with van der Waals surface area (Å²) in [6.45, 7) is 2.10. The Kier molecular flexibility index (Phi) is 5.90. The van der Waals surface area contributed by atoms with Gasteiger partial charge in [0.2, 0.25) is 5.91 Å². The maximum absolute atomic E-state index is 13.4. The minimum atomic E-state index is -0.311. The van der Waals surface area contributed by atoms with Crippen LogP contribution in [-0.2, 0) is 24.3 Å². The van der Waals surface area contributed by atoms with E-state index in [1.54, 1.807) is 12.1 Å². The summed E-state index contributed by atoms with van der Waals surface area (Å²) < 4.78 is 15.5. The Morgan fingerprint density at radius 3 is 2.70 bits per heavy atom. The lowest BCUT2D eigenvalue weighted by molar-refractivity contribution is -0.126. The van der Waals surface area contributed by atoms with Crippen LogP contribution in [0.1, 0.15) is 46.3 Å². The van der Waals surface area contributed by atoms with Crippen molar-refractivity contribution in [3.8, 4) is 0 Å². The Labute approximate surface area is 191 Å². The first-order valence-electron chi connectivity index (χ1n) is 11.4. The Bertz CT molecular complexity index is 1160. The van der Waals surface area contributed by atoms with Gasteiger partial charge >= 0.3 is 0 Å². The van der Waals surface area contributed by atoms with Crippen molar-refractivity contribution in [1.29, 1.82) is 0 Å². The zero-order valence-corrected chi connectivity index (χ0v) is 18.3. The molecule has 33 heavy (non-hydrogen) atoms. The molecule has 2 aromatic carbocycles. The van der Waals surface area contributed by atoms with Crippen molar-refractivity contribution in [3.05, 3.63) is 83.2 Å². The Hall–Kier alpha value is -3.55. The molecule has 0 aliphatic carbocycles. The van der Waals surface area contributed by atoms with Gasteiger partial charge in [-0.25, -0.2) is 4.39 Å². The molecule has 2 aliphatic rings. The largest absolute Gasteiger partial charge is 0.352 e. The normalized spacial score (nSPS) is 19.8. The molecule has 2 aliphatic heterocycles. The second-order valence-corrected chi connectivity index (χ2v) is 8.77. The second-order valence-electron chi connectivity index (χ2n) is 8.77. The van der Waals surface area contributed by atoms with E-state index in [2.05, 4.69) is 20.1 Å². The molecule has 2 amide bonds. The summed E-state index contributed by atoms with van der Waals surface area (Å²) in [6, 6.07) is 15.6. The third kappa shape index (κ3) is 4.51. The molecule has 1 aromatic heterocycles. The van der Waals surface area contributed by atoms with Gasteiger partial charge in [-0.1, -0.05) is 30.3 Å². The van der Waals surface area contributed by atoms with Crippen LogP contribution in [0.2, 0.25) is 0 Å². The molecule has 1 saturated heterocycles. The number of rotatable bonds is 5. The predicted octanol–water partition coefficient (Wildman–Crippen LogP) is 2.93. The fourth-order valence-corrected chi connectivity index (χ4v) is 4.76. The van der Waals surface area contributed by atoms with Crippen molar-refractivity contribution in [3.63, 3.8) is 0 Å². The highest BCUT2D eigenvalue weighted by atomic mass is 19.1. The van der Waals surface area contributed by atoms with Crippen molar-refractivity contribution < 1.29 is 14.0 Å². The quantitative estimate of drug-likeness (QED) is 0.652. The van der Waals surface area contributed by atoms with Gasteiger partial charge in [0.25, 0.3) is 5.91 Å². The van der Waals surface area contributed by atoms with Crippen LogP contribution in [0.4, 0.5) is 4.39 Å². The van der Waals surface area contributed by atoms with Gasteiger partial charge in [-0.05, 0) is 42.7 Å². The van der Waals surface area contributed by atoms with Gasteiger partial charge in [-0.3, -0.25) is 9.59 Å². The highest BCUT2D eigenvalue weighted by molar-refractivity contribution is 5.94. The fourth-order valence-electron chi connectivity index (χ4n) is 4.76. The molecule has 0 radical (unpaired) electrons. The van der Waals surface area contributed by atoms with E-state index < -0.39 is 0 Å². The SMILES string of the molecule is O=C(NCc1cccc(F)c1)[C@@H]1CCc2nnc([C@@H]3CCN(C(=O)c4ccccc4)C3)n2C1. The standard InChI is InChI=1S/C25H26FN5O2/c26-21-8-4-5-17(13-21)14-27-24(32)20-9-10-22-28-29-23(31(22)16-20)19-11-12-30(15-19)25(33)18-6-2-1-3-7-18/h1-8,13,19-20H,9-12,14-16H2,(H,27,32)/t19-,20-/m1/s1. The number of carbonyl (C=O) groups is 2. The monoisotopic (exact) mass is 447 g/mol. The van der Waals surface area contributed by atoms with Gasteiger partial charge in [0, 0.05) is 44.1 Å². The molecular weight excluding hydrogens is 421 g/mol. The predicted molar refractivity (Wildman–Crippen MR) is 120 cm³/mol. The molecule has 3 aromatic rings. The summed E-state index contributed by atoms with van der Waals surface area (Å²) in [6.07, 6.45) is 2.22.